The molecule has 0 radical (unpaired) electrons. The molecule has 2 aliphatic heterocycles. The van der Waals surface area contributed by atoms with Crippen LogP contribution < -0.4 is 10.1 Å². The molecule has 2 amide bonds. The van der Waals surface area contributed by atoms with E-state index in [4.69, 9.17) is 27.9 Å². The standard InChI is InChI=1S/C29H26Cl2N2O9S/c1-43(40,41)17-4-2-3-14(9-17)10-21(28(37)38)32-26(35)23-20(30)11-16-13-33(8-7-18(16)24(23)31)27(36)15-5-6-19-22(12-15)42-29(39)25(19)34/h2-6,9,11-12,21,25,29,34,39H,7-8,10,13H2,1H3,(H,32,35)(H,37,38)/t21-,25?,29?/m0/s1. The minimum atomic E-state index is -3.52. The Bertz CT molecular complexity index is 1760. The SMILES string of the molecule is CS(=O)(=O)c1cccc(C[C@H](NC(=O)c2c(Cl)cc3c(c2Cl)CCN(C(=O)c2ccc4c(c2)OC(O)C4O)C3)C(=O)O)c1. The number of fused-ring (bicyclic) bond motifs is 2. The lowest BCUT2D eigenvalue weighted by molar-refractivity contribution is -0.139. The molecule has 3 aromatic carbocycles. The number of hydrogen-bond donors (Lipinski definition) is 4. The highest BCUT2D eigenvalue weighted by Crippen LogP contribution is 2.38. The number of carbonyl (C=O) groups is 3. The quantitative estimate of drug-likeness (QED) is 0.301. The minimum absolute atomic E-state index is 0.0240. The van der Waals surface area contributed by atoms with E-state index in [-0.39, 0.29) is 58.1 Å². The lowest BCUT2D eigenvalue weighted by Crippen LogP contribution is -2.42. The summed E-state index contributed by atoms with van der Waals surface area (Å²) in [6, 6.07) is 10.4. The van der Waals surface area contributed by atoms with Crippen molar-refractivity contribution in [1.82, 2.24) is 10.2 Å². The Morgan fingerprint density at radius 1 is 1.12 bits per heavy atom. The lowest BCUT2D eigenvalue weighted by Gasteiger charge is -2.30. The topological polar surface area (TPSA) is 171 Å². The smallest absolute Gasteiger partial charge is 0.326 e. The second-order valence-electron chi connectivity index (χ2n) is 10.4. The maximum absolute atomic E-state index is 13.3. The zero-order valence-corrected chi connectivity index (χ0v) is 24.9. The number of aliphatic hydroxyl groups excluding tert-OH is 2. The van der Waals surface area contributed by atoms with Gasteiger partial charge in [0.05, 0.1) is 20.5 Å². The fraction of sp³-hybridized carbons (Fsp3) is 0.276. The molecule has 2 unspecified atom stereocenters. The van der Waals surface area contributed by atoms with E-state index in [1.807, 2.05) is 0 Å². The van der Waals surface area contributed by atoms with Crippen molar-refractivity contribution in [2.24, 2.45) is 0 Å². The van der Waals surface area contributed by atoms with Crippen molar-refractivity contribution in [3.63, 3.8) is 0 Å². The first-order valence-corrected chi connectivity index (χ1v) is 15.7. The maximum atomic E-state index is 13.3. The van der Waals surface area contributed by atoms with E-state index in [2.05, 4.69) is 5.32 Å². The number of nitrogens with one attached hydrogen (secondary N) is 1. The average Bonchev–Trinajstić information content (AvgIpc) is 3.23. The highest BCUT2D eigenvalue weighted by atomic mass is 35.5. The molecule has 3 aromatic rings. The van der Waals surface area contributed by atoms with E-state index in [0.717, 1.165) is 6.26 Å². The molecule has 0 aliphatic carbocycles. The van der Waals surface area contributed by atoms with Crippen LogP contribution in [0.25, 0.3) is 0 Å². The van der Waals surface area contributed by atoms with Gasteiger partial charge in [0.2, 0.25) is 6.29 Å². The first-order valence-electron chi connectivity index (χ1n) is 13.0. The summed E-state index contributed by atoms with van der Waals surface area (Å²) in [6.07, 6.45) is -1.47. The van der Waals surface area contributed by atoms with Crippen molar-refractivity contribution >= 4 is 50.8 Å². The van der Waals surface area contributed by atoms with E-state index >= 15 is 0 Å². The Morgan fingerprint density at radius 2 is 1.86 bits per heavy atom. The molecule has 4 N–H and O–H groups in total. The van der Waals surface area contributed by atoms with Gasteiger partial charge in [-0.05, 0) is 53.4 Å². The van der Waals surface area contributed by atoms with E-state index < -0.39 is 40.1 Å². The Labute approximate surface area is 256 Å². The van der Waals surface area contributed by atoms with E-state index in [1.54, 1.807) is 11.0 Å². The number of hydrogen-bond acceptors (Lipinski definition) is 8. The molecule has 0 spiro atoms. The monoisotopic (exact) mass is 648 g/mol. The number of ether oxygens (including phenoxy) is 1. The molecule has 0 bridgehead atoms. The summed E-state index contributed by atoms with van der Waals surface area (Å²) in [5.41, 5.74) is 2.16. The fourth-order valence-electron chi connectivity index (χ4n) is 5.15. The third kappa shape index (κ3) is 6.20. The predicted molar refractivity (Wildman–Crippen MR) is 155 cm³/mol. The fourth-order valence-corrected chi connectivity index (χ4v) is 6.60. The number of benzene rings is 3. The van der Waals surface area contributed by atoms with Crippen LogP contribution in [0.15, 0.2) is 53.4 Å². The number of carboxylic acid groups (broad SMARTS) is 1. The van der Waals surface area contributed by atoms with Gasteiger partial charge in [0.1, 0.15) is 17.9 Å². The first kappa shape index (κ1) is 30.8. The minimum Gasteiger partial charge on any atom is -0.480 e. The maximum Gasteiger partial charge on any atom is 0.326 e. The summed E-state index contributed by atoms with van der Waals surface area (Å²) >= 11 is 13.1. The van der Waals surface area contributed by atoms with Crippen LogP contribution in [0.2, 0.25) is 10.0 Å². The van der Waals surface area contributed by atoms with Crippen molar-refractivity contribution in [1.29, 1.82) is 0 Å². The largest absolute Gasteiger partial charge is 0.480 e. The van der Waals surface area contributed by atoms with Crippen molar-refractivity contribution < 1.29 is 42.9 Å². The zero-order valence-electron chi connectivity index (χ0n) is 22.6. The molecule has 0 saturated carbocycles. The van der Waals surface area contributed by atoms with Gasteiger partial charge in [-0.25, -0.2) is 13.2 Å². The molecule has 0 saturated heterocycles. The Morgan fingerprint density at radius 3 is 2.56 bits per heavy atom. The number of rotatable bonds is 7. The van der Waals surface area contributed by atoms with Crippen LogP contribution >= 0.6 is 23.2 Å². The third-order valence-electron chi connectivity index (χ3n) is 7.39. The molecule has 2 heterocycles. The highest BCUT2D eigenvalue weighted by Gasteiger charge is 2.33. The Hall–Kier alpha value is -3.68. The molecular weight excluding hydrogens is 623 g/mol. The summed E-state index contributed by atoms with van der Waals surface area (Å²) < 4.78 is 29.0. The summed E-state index contributed by atoms with van der Waals surface area (Å²) in [4.78, 5) is 40.1. The number of carboxylic acids is 1. The zero-order chi connectivity index (χ0) is 31.2. The number of aliphatic carboxylic acids is 1. The van der Waals surface area contributed by atoms with E-state index in [1.165, 1.54) is 42.5 Å². The van der Waals surface area contributed by atoms with Crippen LogP contribution in [0.4, 0.5) is 0 Å². The third-order valence-corrected chi connectivity index (χ3v) is 9.21. The first-order chi connectivity index (χ1) is 20.2. The van der Waals surface area contributed by atoms with Gasteiger partial charge in [-0.15, -0.1) is 0 Å². The summed E-state index contributed by atoms with van der Waals surface area (Å²) in [6.45, 7) is 0.388. The normalized spacial score (nSPS) is 18.3. The van der Waals surface area contributed by atoms with Crippen molar-refractivity contribution in [3.8, 4) is 5.75 Å². The van der Waals surface area contributed by atoms with Gasteiger partial charge in [-0.1, -0.05) is 41.4 Å². The van der Waals surface area contributed by atoms with Gasteiger partial charge in [-0.2, -0.15) is 0 Å². The molecule has 2 aliphatic rings. The molecule has 0 aromatic heterocycles. The second-order valence-corrected chi connectivity index (χ2v) is 13.2. The molecule has 3 atom stereocenters. The van der Waals surface area contributed by atoms with Crippen LogP contribution in [0, 0.1) is 0 Å². The van der Waals surface area contributed by atoms with E-state index in [9.17, 15) is 38.1 Å². The van der Waals surface area contributed by atoms with Crippen molar-refractivity contribution in [2.75, 3.05) is 12.8 Å². The number of halogens is 2. The molecule has 0 fully saturated rings. The number of sulfone groups is 1. The Kier molecular flexibility index (Phi) is 8.43. The molecule has 11 nitrogen and oxygen atoms in total. The van der Waals surface area contributed by atoms with Gasteiger partial charge in [0.15, 0.2) is 9.84 Å². The lowest BCUT2D eigenvalue weighted by atomic mass is 9.95. The summed E-state index contributed by atoms with van der Waals surface area (Å²) in [5, 5.41) is 31.9. The van der Waals surface area contributed by atoms with Gasteiger partial charge < -0.3 is 30.3 Å². The van der Waals surface area contributed by atoms with Crippen LogP contribution in [-0.2, 0) is 34.0 Å². The summed E-state index contributed by atoms with van der Waals surface area (Å²) in [5.74, 6) is -2.26. The van der Waals surface area contributed by atoms with Gasteiger partial charge in [0, 0.05) is 36.9 Å². The number of amides is 2. The highest BCUT2D eigenvalue weighted by molar-refractivity contribution is 7.90. The molecule has 43 heavy (non-hydrogen) atoms. The van der Waals surface area contributed by atoms with Crippen LogP contribution in [0.5, 0.6) is 5.75 Å². The van der Waals surface area contributed by atoms with Crippen LogP contribution in [0.3, 0.4) is 0 Å². The molecular formula is C29H26Cl2N2O9S. The number of carbonyl (C=O) groups excluding carboxylic acids is 2. The molecule has 226 valence electrons. The summed E-state index contributed by atoms with van der Waals surface area (Å²) in [7, 11) is -3.52. The molecule has 5 rings (SSSR count). The van der Waals surface area contributed by atoms with Gasteiger partial charge >= 0.3 is 5.97 Å². The second kappa shape index (κ2) is 11.8. The number of aliphatic hydroxyl groups is 2. The number of nitrogens with zero attached hydrogens (tertiary/aromatic N) is 1. The van der Waals surface area contributed by atoms with Crippen molar-refractivity contribution in [3.05, 3.63) is 92.0 Å². The predicted octanol–water partition coefficient (Wildman–Crippen LogP) is 2.77. The Balaban J connectivity index is 1.33. The van der Waals surface area contributed by atoms with Crippen LogP contribution in [0.1, 0.15) is 49.1 Å². The van der Waals surface area contributed by atoms with E-state index in [0.29, 0.717) is 27.8 Å². The van der Waals surface area contributed by atoms with Crippen molar-refractivity contribution in [2.45, 2.75) is 42.7 Å². The van der Waals surface area contributed by atoms with Gasteiger partial charge in [0.25, 0.3) is 11.8 Å². The van der Waals surface area contributed by atoms with Crippen LogP contribution in [-0.4, -0.2) is 71.6 Å². The molecule has 14 heteroatoms. The average molecular weight is 650 g/mol. The van der Waals surface area contributed by atoms with Gasteiger partial charge in [-0.3, -0.25) is 9.59 Å².